The highest BCUT2D eigenvalue weighted by molar-refractivity contribution is 5.43. The lowest BCUT2D eigenvalue weighted by Crippen LogP contribution is -2.02. The third-order valence-electron chi connectivity index (χ3n) is 3.03. The van der Waals surface area contributed by atoms with Gasteiger partial charge < -0.3 is 5.32 Å². The van der Waals surface area contributed by atoms with Crippen molar-refractivity contribution in [3.8, 4) is 0 Å². The Hall–Kier alpha value is -1.83. The fraction of sp³-hybridized carbons (Fsp3) is 0.312. The van der Waals surface area contributed by atoms with Gasteiger partial charge in [-0.2, -0.15) is 0 Å². The average Bonchev–Trinajstić information content (AvgIpc) is 2.40. The van der Waals surface area contributed by atoms with Crippen LogP contribution in [0.4, 0.5) is 5.82 Å². The average molecular weight is 240 g/mol. The number of nitrogens with one attached hydrogen (secondary N) is 1. The van der Waals surface area contributed by atoms with E-state index in [4.69, 9.17) is 0 Å². The van der Waals surface area contributed by atoms with Crippen molar-refractivity contribution in [2.45, 2.75) is 33.2 Å². The molecule has 1 aromatic heterocycles. The van der Waals surface area contributed by atoms with Crippen molar-refractivity contribution in [1.82, 2.24) is 4.98 Å². The van der Waals surface area contributed by atoms with E-state index in [9.17, 15) is 0 Å². The van der Waals surface area contributed by atoms with Crippen LogP contribution in [0, 0.1) is 6.92 Å². The van der Waals surface area contributed by atoms with Crippen LogP contribution in [-0.2, 0) is 13.0 Å². The van der Waals surface area contributed by atoms with Crippen LogP contribution in [0.3, 0.4) is 0 Å². The van der Waals surface area contributed by atoms with Gasteiger partial charge in [-0.05, 0) is 36.1 Å². The fourth-order valence-corrected chi connectivity index (χ4v) is 1.97. The Labute approximate surface area is 109 Å². The molecule has 1 aromatic carbocycles. The molecule has 0 fully saturated rings. The van der Waals surface area contributed by atoms with Gasteiger partial charge >= 0.3 is 0 Å². The van der Waals surface area contributed by atoms with Gasteiger partial charge in [-0.25, -0.2) is 4.98 Å². The van der Waals surface area contributed by atoms with Crippen molar-refractivity contribution >= 4 is 5.82 Å². The van der Waals surface area contributed by atoms with Crippen LogP contribution in [0.5, 0.6) is 0 Å². The molecule has 0 saturated heterocycles. The lowest BCUT2D eigenvalue weighted by atomic mass is 10.1. The fourth-order valence-electron chi connectivity index (χ4n) is 1.97. The Bertz CT molecular complexity index is 489. The summed E-state index contributed by atoms with van der Waals surface area (Å²) in [6.07, 6.45) is 4.18. The van der Waals surface area contributed by atoms with Crippen molar-refractivity contribution < 1.29 is 0 Å². The second kappa shape index (κ2) is 6.20. The van der Waals surface area contributed by atoms with Crippen LogP contribution in [0.25, 0.3) is 0 Å². The number of benzene rings is 1. The topological polar surface area (TPSA) is 24.9 Å². The van der Waals surface area contributed by atoms with Gasteiger partial charge in [0.05, 0.1) is 0 Å². The summed E-state index contributed by atoms with van der Waals surface area (Å²) in [6.45, 7) is 5.10. The van der Waals surface area contributed by atoms with Crippen molar-refractivity contribution in [3.05, 3.63) is 59.3 Å². The number of hydrogen-bond donors (Lipinski definition) is 1. The number of hydrogen-bond acceptors (Lipinski definition) is 2. The molecule has 18 heavy (non-hydrogen) atoms. The second-order valence-corrected chi connectivity index (χ2v) is 4.59. The predicted octanol–water partition coefficient (Wildman–Crippen LogP) is 3.95. The molecular formula is C16H20N2. The molecule has 2 nitrogen and oxygen atoms in total. The minimum Gasteiger partial charge on any atom is -0.366 e. The molecule has 0 saturated carbocycles. The van der Waals surface area contributed by atoms with E-state index >= 15 is 0 Å². The summed E-state index contributed by atoms with van der Waals surface area (Å²) in [7, 11) is 0. The molecule has 0 aliphatic heterocycles. The van der Waals surface area contributed by atoms with Crippen molar-refractivity contribution in [2.75, 3.05) is 5.32 Å². The lowest BCUT2D eigenvalue weighted by Gasteiger charge is -2.08. The quantitative estimate of drug-likeness (QED) is 0.855. The standard InChI is InChI=1S/C16H20N2/c1-3-5-14-7-9-15(10-8-14)12-18-16-13(2)6-4-11-17-16/h4,6-11H,3,5,12H2,1-2H3,(H,17,18). The van der Waals surface area contributed by atoms with E-state index in [0.29, 0.717) is 0 Å². The SMILES string of the molecule is CCCc1ccc(CNc2ncccc2C)cc1. The first-order valence-electron chi connectivity index (χ1n) is 6.53. The molecule has 0 bridgehead atoms. The highest BCUT2D eigenvalue weighted by atomic mass is 15.0. The molecular weight excluding hydrogens is 220 g/mol. The first kappa shape index (κ1) is 12.6. The maximum absolute atomic E-state index is 4.33. The number of nitrogens with zero attached hydrogens (tertiary/aromatic N) is 1. The maximum atomic E-state index is 4.33. The molecule has 0 spiro atoms. The zero-order valence-corrected chi connectivity index (χ0v) is 11.1. The van der Waals surface area contributed by atoms with Gasteiger partial charge in [0.1, 0.15) is 5.82 Å². The highest BCUT2D eigenvalue weighted by Gasteiger charge is 1.98. The lowest BCUT2D eigenvalue weighted by molar-refractivity contribution is 0.920. The normalized spacial score (nSPS) is 10.3. The van der Waals surface area contributed by atoms with Gasteiger partial charge in [0.25, 0.3) is 0 Å². The molecule has 1 N–H and O–H groups in total. The zero-order valence-electron chi connectivity index (χ0n) is 11.1. The van der Waals surface area contributed by atoms with Gasteiger partial charge in [-0.3, -0.25) is 0 Å². The summed E-state index contributed by atoms with van der Waals surface area (Å²) >= 11 is 0. The molecule has 94 valence electrons. The zero-order chi connectivity index (χ0) is 12.8. The number of aryl methyl sites for hydroxylation is 2. The van der Waals surface area contributed by atoms with E-state index < -0.39 is 0 Å². The minimum absolute atomic E-state index is 0.824. The monoisotopic (exact) mass is 240 g/mol. The highest BCUT2D eigenvalue weighted by Crippen LogP contribution is 2.12. The van der Waals surface area contributed by atoms with Crippen LogP contribution in [0.2, 0.25) is 0 Å². The predicted molar refractivity (Wildman–Crippen MR) is 76.7 cm³/mol. The summed E-state index contributed by atoms with van der Waals surface area (Å²) in [5, 5.41) is 3.37. The van der Waals surface area contributed by atoms with Crippen LogP contribution in [0.15, 0.2) is 42.6 Å². The van der Waals surface area contributed by atoms with Gasteiger partial charge in [0.15, 0.2) is 0 Å². The summed E-state index contributed by atoms with van der Waals surface area (Å²) in [6, 6.07) is 12.8. The molecule has 2 aromatic rings. The molecule has 0 aliphatic carbocycles. The smallest absolute Gasteiger partial charge is 0.129 e. The Kier molecular flexibility index (Phi) is 4.35. The van der Waals surface area contributed by atoms with E-state index in [-0.39, 0.29) is 0 Å². The summed E-state index contributed by atoms with van der Waals surface area (Å²) in [5.74, 6) is 0.968. The molecule has 0 amide bonds. The Morgan fingerprint density at radius 2 is 1.78 bits per heavy atom. The van der Waals surface area contributed by atoms with Crippen LogP contribution >= 0.6 is 0 Å². The molecule has 1 heterocycles. The van der Waals surface area contributed by atoms with E-state index in [1.54, 1.807) is 0 Å². The third-order valence-corrected chi connectivity index (χ3v) is 3.03. The van der Waals surface area contributed by atoms with E-state index in [1.807, 2.05) is 12.3 Å². The molecule has 0 radical (unpaired) electrons. The van der Waals surface area contributed by atoms with Gasteiger partial charge in [0, 0.05) is 12.7 Å². The Morgan fingerprint density at radius 3 is 2.44 bits per heavy atom. The first-order valence-corrected chi connectivity index (χ1v) is 6.53. The first-order chi connectivity index (χ1) is 8.79. The van der Waals surface area contributed by atoms with Gasteiger partial charge in [-0.1, -0.05) is 43.7 Å². The Morgan fingerprint density at radius 1 is 1.06 bits per heavy atom. The van der Waals surface area contributed by atoms with E-state index in [1.165, 1.54) is 23.1 Å². The van der Waals surface area contributed by atoms with Crippen molar-refractivity contribution in [3.63, 3.8) is 0 Å². The van der Waals surface area contributed by atoms with E-state index in [2.05, 4.69) is 54.5 Å². The number of rotatable bonds is 5. The van der Waals surface area contributed by atoms with Crippen LogP contribution in [-0.4, -0.2) is 4.98 Å². The minimum atomic E-state index is 0.824. The van der Waals surface area contributed by atoms with Gasteiger partial charge in [-0.15, -0.1) is 0 Å². The maximum Gasteiger partial charge on any atom is 0.129 e. The third kappa shape index (κ3) is 3.33. The molecule has 0 unspecified atom stereocenters. The largest absolute Gasteiger partial charge is 0.366 e. The Balaban J connectivity index is 1.96. The van der Waals surface area contributed by atoms with Crippen molar-refractivity contribution in [1.29, 1.82) is 0 Å². The van der Waals surface area contributed by atoms with Crippen LogP contribution < -0.4 is 5.32 Å². The van der Waals surface area contributed by atoms with Gasteiger partial charge in [0.2, 0.25) is 0 Å². The van der Waals surface area contributed by atoms with Crippen molar-refractivity contribution in [2.24, 2.45) is 0 Å². The number of anilines is 1. The number of aromatic nitrogens is 1. The molecule has 2 heteroatoms. The second-order valence-electron chi connectivity index (χ2n) is 4.59. The molecule has 0 atom stereocenters. The molecule has 2 rings (SSSR count). The summed E-state index contributed by atoms with van der Waals surface area (Å²) in [4.78, 5) is 4.33. The summed E-state index contributed by atoms with van der Waals surface area (Å²) in [5.41, 5.74) is 3.88. The van der Waals surface area contributed by atoms with E-state index in [0.717, 1.165) is 18.8 Å². The van der Waals surface area contributed by atoms with Crippen LogP contribution in [0.1, 0.15) is 30.0 Å². The summed E-state index contributed by atoms with van der Waals surface area (Å²) < 4.78 is 0. The number of pyridine rings is 1. The molecule has 0 aliphatic rings.